The highest BCUT2D eigenvalue weighted by Gasteiger charge is 2.54. The summed E-state index contributed by atoms with van der Waals surface area (Å²) >= 11 is 0. The molecule has 0 saturated heterocycles. The van der Waals surface area contributed by atoms with Crippen molar-refractivity contribution in [3.8, 4) is 5.75 Å². The lowest BCUT2D eigenvalue weighted by atomic mass is 9.50. The van der Waals surface area contributed by atoms with Crippen molar-refractivity contribution >= 4 is 18.4 Å². The largest absolute Gasteiger partial charge is 0.489 e. The number of hydrogen-bond donors (Lipinski definition) is 2. The Kier molecular flexibility index (Phi) is 4.52. The normalized spacial score (nSPS) is 30.5. The minimum atomic E-state index is -1.52. The van der Waals surface area contributed by atoms with Crippen LogP contribution in [-0.2, 0) is 11.4 Å². The van der Waals surface area contributed by atoms with Crippen molar-refractivity contribution in [3.63, 3.8) is 0 Å². The van der Waals surface area contributed by atoms with E-state index in [1.165, 1.54) is 6.42 Å². The van der Waals surface area contributed by atoms with E-state index in [4.69, 9.17) is 4.74 Å². The number of ether oxygens (including phenoxy) is 1. The van der Waals surface area contributed by atoms with Gasteiger partial charge >= 0.3 is 7.12 Å². The summed E-state index contributed by atoms with van der Waals surface area (Å²) in [4.78, 5) is 12.9. The second kappa shape index (κ2) is 7.05. The summed E-state index contributed by atoms with van der Waals surface area (Å²) in [5.41, 5.74) is 2.52. The third kappa shape index (κ3) is 3.07. The van der Waals surface area contributed by atoms with Crippen LogP contribution in [0.15, 0.2) is 48.5 Å². The van der Waals surface area contributed by atoms with E-state index in [0.717, 1.165) is 36.1 Å². The first-order valence-corrected chi connectivity index (χ1v) is 10.3. The summed E-state index contributed by atoms with van der Waals surface area (Å²) in [7, 11) is -1.52. The van der Waals surface area contributed by atoms with Gasteiger partial charge in [-0.1, -0.05) is 42.5 Å². The van der Waals surface area contributed by atoms with Gasteiger partial charge in [0, 0.05) is 17.8 Å². The summed E-state index contributed by atoms with van der Waals surface area (Å²) in [5, 5.41) is 19.4. The summed E-state index contributed by atoms with van der Waals surface area (Å²) in [5.74, 6) is 2.79. The first-order valence-electron chi connectivity index (χ1n) is 10.3. The van der Waals surface area contributed by atoms with Crippen LogP contribution in [0.1, 0.15) is 42.7 Å². The summed E-state index contributed by atoms with van der Waals surface area (Å²) in [6, 6.07) is 15.4. The molecule has 6 rings (SSSR count). The molecule has 4 fully saturated rings. The smallest absolute Gasteiger partial charge is 0.488 e. The van der Waals surface area contributed by atoms with Gasteiger partial charge in [-0.2, -0.15) is 0 Å². The van der Waals surface area contributed by atoms with Gasteiger partial charge in [-0.25, -0.2) is 0 Å². The van der Waals surface area contributed by atoms with Crippen molar-refractivity contribution in [2.24, 2.45) is 23.7 Å². The third-order valence-corrected chi connectivity index (χ3v) is 7.07. The second-order valence-electron chi connectivity index (χ2n) is 8.75. The van der Waals surface area contributed by atoms with E-state index < -0.39 is 7.12 Å². The summed E-state index contributed by atoms with van der Waals surface area (Å²) < 4.78 is 6.18. The van der Waals surface area contributed by atoms with Gasteiger partial charge in [0.05, 0.1) is 0 Å². The molecule has 4 nitrogen and oxygen atoms in total. The zero-order valence-electron chi connectivity index (χ0n) is 15.8. The molecular weight excluding hydrogens is 351 g/mol. The van der Waals surface area contributed by atoms with Gasteiger partial charge in [0.15, 0.2) is 0 Å². The monoisotopic (exact) mass is 376 g/mol. The average molecular weight is 376 g/mol. The molecule has 0 heterocycles. The molecule has 144 valence electrons. The summed E-state index contributed by atoms with van der Waals surface area (Å²) in [6.07, 6.45) is 4.20. The van der Waals surface area contributed by atoms with E-state index in [9.17, 15) is 14.8 Å². The Morgan fingerprint density at radius 1 is 1.00 bits per heavy atom. The molecule has 0 spiro atoms. The molecule has 2 aromatic carbocycles. The van der Waals surface area contributed by atoms with Crippen molar-refractivity contribution in [2.75, 3.05) is 0 Å². The van der Waals surface area contributed by atoms with E-state index >= 15 is 0 Å². The van der Waals surface area contributed by atoms with Gasteiger partial charge in [0.1, 0.15) is 18.1 Å². The fourth-order valence-electron chi connectivity index (χ4n) is 5.96. The Morgan fingerprint density at radius 2 is 1.82 bits per heavy atom. The van der Waals surface area contributed by atoms with Crippen molar-refractivity contribution in [1.82, 2.24) is 0 Å². The minimum Gasteiger partial charge on any atom is -0.489 e. The molecule has 0 aliphatic heterocycles. The molecule has 4 aliphatic rings. The van der Waals surface area contributed by atoms with Crippen molar-refractivity contribution in [1.29, 1.82) is 0 Å². The molecule has 0 amide bonds. The van der Waals surface area contributed by atoms with Crippen LogP contribution in [0.25, 0.3) is 0 Å². The number of hydrogen-bond acceptors (Lipinski definition) is 4. The van der Waals surface area contributed by atoms with Crippen molar-refractivity contribution < 1.29 is 19.6 Å². The molecular formula is C23H25BO4. The number of ketones is 1. The van der Waals surface area contributed by atoms with Crippen LogP contribution in [0.5, 0.6) is 5.75 Å². The predicted molar refractivity (Wildman–Crippen MR) is 107 cm³/mol. The predicted octanol–water partition coefficient (Wildman–Crippen LogP) is 2.66. The Labute approximate surface area is 165 Å². The van der Waals surface area contributed by atoms with E-state index in [1.807, 2.05) is 42.5 Å². The van der Waals surface area contributed by atoms with Crippen LogP contribution in [0, 0.1) is 23.7 Å². The van der Waals surface area contributed by atoms with Gasteiger partial charge in [-0.15, -0.1) is 0 Å². The lowest BCUT2D eigenvalue weighted by Crippen LogP contribution is -2.50. The standard InChI is InChI=1S/C23H25BO4/c25-23-17-9-15-8-16(11-17)22(20(23)10-15)19-12-18(24(26)27)6-7-21(19)28-13-14-4-2-1-3-5-14/h1-7,12,15-17,20,22,26-27H,8-11,13H2. The molecule has 4 aliphatic carbocycles. The van der Waals surface area contributed by atoms with Crippen molar-refractivity contribution in [3.05, 3.63) is 59.7 Å². The SMILES string of the molecule is O=C1C2CC3CC(C2)C(c2cc(B(O)O)ccc2OCc2ccccc2)C1C3. The number of carbonyl (C=O) groups excluding carboxylic acids is 1. The van der Waals surface area contributed by atoms with Crippen LogP contribution in [0.3, 0.4) is 0 Å². The van der Waals surface area contributed by atoms with Crippen LogP contribution in [-0.4, -0.2) is 22.9 Å². The maximum Gasteiger partial charge on any atom is 0.488 e. The molecule has 5 unspecified atom stereocenters. The van der Waals surface area contributed by atoms with Crippen LogP contribution in [0.4, 0.5) is 0 Å². The van der Waals surface area contributed by atoms with E-state index in [0.29, 0.717) is 29.7 Å². The quantitative estimate of drug-likeness (QED) is 0.788. The number of carbonyl (C=O) groups is 1. The Morgan fingerprint density at radius 3 is 2.61 bits per heavy atom. The maximum absolute atomic E-state index is 12.9. The number of Topliss-reactive ketones (excluding diaryl/α,β-unsaturated/α-hetero) is 1. The van der Waals surface area contributed by atoms with Crippen molar-refractivity contribution in [2.45, 2.75) is 38.2 Å². The molecule has 5 heteroatoms. The summed E-state index contributed by atoms with van der Waals surface area (Å²) in [6.45, 7) is 0.454. The molecule has 2 aromatic rings. The fraction of sp³-hybridized carbons (Fsp3) is 0.435. The molecule has 0 aromatic heterocycles. The maximum atomic E-state index is 12.9. The zero-order chi connectivity index (χ0) is 19.3. The fourth-order valence-corrected chi connectivity index (χ4v) is 5.96. The molecule has 5 atom stereocenters. The topological polar surface area (TPSA) is 66.8 Å². The first kappa shape index (κ1) is 18.0. The number of benzene rings is 2. The Bertz CT molecular complexity index is 881. The van der Waals surface area contributed by atoms with Crippen LogP contribution in [0.2, 0.25) is 0 Å². The lowest BCUT2D eigenvalue weighted by molar-refractivity contribution is -0.142. The molecule has 4 saturated carbocycles. The first-order chi connectivity index (χ1) is 13.6. The minimum absolute atomic E-state index is 0.0569. The highest BCUT2D eigenvalue weighted by molar-refractivity contribution is 6.58. The second-order valence-corrected chi connectivity index (χ2v) is 8.75. The van der Waals surface area contributed by atoms with Gasteiger partial charge in [0.2, 0.25) is 0 Å². The molecule has 2 N–H and O–H groups in total. The highest BCUT2D eigenvalue weighted by atomic mass is 16.5. The molecule has 28 heavy (non-hydrogen) atoms. The third-order valence-electron chi connectivity index (χ3n) is 7.07. The number of rotatable bonds is 5. The molecule has 0 radical (unpaired) electrons. The average Bonchev–Trinajstić information content (AvgIpc) is 2.71. The van der Waals surface area contributed by atoms with Gasteiger partial charge in [0.25, 0.3) is 0 Å². The molecule has 4 bridgehead atoms. The Hall–Kier alpha value is -2.11. The van der Waals surface area contributed by atoms with E-state index in [-0.39, 0.29) is 17.8 Å². The van der Waals surface area contributed by atoms with Gasteiger partial charge in [-0.3, -0.25) is 4.79 Å². The highest BCUT2D eigenvalue weighted by Crippen LogP contribution is 2.59. The van der Waals surface area contributed by atoms with Gasteiger partial charge < -0.3 is 14.8 Å². The van der Waals surface area contributed by atoms with Crippen LogP contribution >= 0.6 is 0 Å². The van der Waals surface area contributed by atoms with E-state index in [1.54, 1.807) is 6.07 Å². The lowest BCUT2D eigenvalue weighted by Gasteiger charge is -2.53. The van der Waals surface area contributed by atoms with Gasteiger partial charge in [-0.05, 0) is 60.2 Å². The Balaban J connectivity index is 1.49. The van der Waals surface area contributed by atoms with Crippen LogP contribution < -0.4 is 10.2 Å². The zero-order valence-corrected chi connectivity index (χ0v) is 15.8. The van der Waals surface area contributed by atoms with E-state index in [2.05, 4.69) is 0 Å².